The highest BCUT2D eigenvalue weighted by Gasteiger charge is 2.17. The topological polar surface area (TPSA) is 140 Å². The number of nitrogens with two attached hydrogens (primary N) is 1. The van der Waals surface area contributed by atoms with Crippen LogP contribution in [0.2, 0.25) is 0 Å². The average molecular weight is 346 g/mol. The van der Waals surface area contributed by atoms with E-state index < -0.39 is 23.8 Å². The third-order valence-electron chi connectivity index (χ3n) is 3.16. The predicted octanol–water partition coefficient (Wildman–Crippen LogP) is -0.00670. The van der Waals surface area contributed by atoms with Gasteiger partial charge in [0.2, 0.25) is 26.0 Å². The summed E-state index contributed by atoms with van der Waals surface area (Å²) in [5.74, 6) is -1.27. The van der Waals surface area contributed by atoms with Gasteiger partial charge in [0.1, 0.15) is 12.6 Å². The van der Waals surface area contributed by atoms with E-state index in [1.165, 1.54) is 0 Å². The molecule has 1 aromatic carbocycles. The number of nitrogens with one attached hydrogen (secondary N) is 3. The van der Waals surface area contributed by atoms with Crippen LogP contribution in [0, 0.1) is 0 Å². The summed E-state index contributed by atoms with van der Waals surface area (Å²) in [6.07, 6.45) is 1.23. The molecule has 1 unspecified atom stereocenters. The molecule has 4 amide bonds. The standard InChI is InChI=1S/C15H19BN4O5/c16-14(23)25-8-10-3-5-11(6-4-10)20-13(22)12(19-9-21)2-1-7-18-15(17)24/h3-6,9,12H,1-2,7-8H2,(H,19,21)(H,20,22)(H3,17,18,24). The number of primary amides is 1. The Morgan fingerprint density at radius 1 is 1.24 bits per heavy atom. The van der Waals surface area contributed by atoms with Crippen LogP contribution in [0.5, 0.6) is 0 Å². The van der Waals surface area contributed by atoms with Crippen LogP contribution in [-0.4, -0.2) is 44.6 Å². The smallest absolute Gasteiger partial charge is 0.312 e. The van der Waals surface area contributed by atoms with Crippen LogP contribution in [0.4, 0.5) is 15.3 Å². The molecule has 0 bridgehead atoms. The first-order chi connectivity index (χ1) is 11.9. The normalized spacial score (nSPS) is 11.0. The Morgan fingerprint density at radius 3 is 2.48 bits per heavy atom. The van der Waals surface area contributed by atoms with Crippen molar-refractivity contribution >= 4 is 37.8 Å². The fourth-order valence-electron chi connectivity index (χ4n) is 1.96. The lowest BCUT2D eigenvalue weighted by Crippen LogP contribution is -2.40. The number of amides is 4. The highest BCUT2D eigenvalue weighted by molar-refractivity contribution is 6.55. The Kier molecular flexibility index (Phi) is 8.55. The number of hydrogen-bond acceptors (Lipinski definition) is 5. The Bertz CT molecular complexity index is 608. The summed E-state index contributed by atoms with van der Waals surface area (Å²) < 4.78 is 4.65. The molecule has 0 aliphatic carbocycles. The fourth-order valence-corrected chi connectivity index (χ4v) is 1.96. The monoisotopic (exact) mass is 346 g/mol. The van der Waals surface area contributed by atoms with E-state index >= 15 is 0 Å². The third kappa shape index (κ3) is 8.40. The minimum Gasteiger partial charge on any atom is -0.470 e. The quantitative estimate of drug-likeness (QED) is 0.268. The second kappa shape index (κ2) is 10.7. The number of anilines is 1. The average Bonchev–Trinajstić information content (AvgIpc) is 2.56. The minimum atomic E-state index is -0.869. The van der Waals surface area contributed by atoms with Crippen LogP contribution in [0.15, 0.2) is 24.3 Å². The number of urea groups is 1. The molecule has 25 heavy (non-hydrogen) atoms. The molecule has 0 saturated heterocycles. The maximum Gasteiger partial charge on any atom is 0.312 e. The first kappa shape index (κ1) is 20.0. The number of rotatable bonds is 10. The van der Waals surface area contributed by atoms with E-state index in [2.05, 4.69) is 20.7 Å². The van der Waals surface area contributed by atoms with Gasteiger partial charge in [0, 0.05) is 12.2 Å². The number of carbonyl (C=O) groups is 4. The zero-order valence-corrected chi connectivity index (χ0v) is 13.5. The Balaban J connectivity index is 2.53. The highest BCUT2D eigenvalue weighted by atomic mass is 16.5. The van der Waals surface area contributed by atoms with E-state index in [1.54, 1.807) is 24.3 Å². The van der Waals surface area contributed by atoms with Gasteiger partial charge in [0.25, 0.3) is 0 Å². The van der Waals surface area contributed by atoms with Gasteiger partial charge in [-0.25, -0.2) is 4.79 Å². The van der Waals surface area contributed by atoms with Crippen LogP contribution in [0.3, 0.4) is 0 Å². The lowest BCUT2D eigenvalue weighted by molar-refractivity contribution is -0.121. The highest BCUT2D eigenvalue weighted by Crippen LogP contribution is 2.11. The van der Waals surface area contributed by atoms with Gasteiger partial charge in [-0.1, -0.05) is 12.1 Å². The molecule has 9 nitrogen and oxygen atoms in total. The van der Waals surface area contributed by atoms with Crippen molar-refractivity contribution in [2.24, 2.45) is 5.73 Å². The summed E-state index contributed by atoms with van der Waals surface area (Å²) in [4.78, 5) is 44.0. The van der Waals surface area contributed by atoms with Gasteiger partial charge in [0.05, 0.1) is 0 Å². The predicted molar refractivity (Wildman–Crippen MR) is 90.8 cm³/mol. The van der Waals surface area contributed by atoms with Crippen LogP contribution in [0.25, 0.3) is 0 Å². The molecule has 2 radical (unpaired) electrons. The molecule has 0 aromatic heterocycles. The first-order valence-corrected chi connectivity index (χ1v) is 7.47. The SMILES string of the molecule is [B]C(=O)OCc1ccc(NC(=O)C(CCCNC(N)=O)NC=O)cc1. The van der Waals surface area contributed by atoms with Crippen molar-refractivity contribution in [3.05, 3.63) is 29.8 Å². The Morgan fingerprint density at radius 2 is 1.92 bits per heavy atom. The van der Waals surface area contributed by atoms with E-state index in [1.807, 2.05) is 0 Å². The van der Waals surface area contributed by atoms with Crippen LogP contribution < -0.4 is 21.7 Å². The zero-order chi connectivity index (χ0) is 18.7. The Labute approximate surface area is 146 Å². The molecular weight excluding hydrogens is 327 g/mol. The van der Waals surface area contributed by atoms with Crippen molar-refractivity contribution in [1.29, 1.82) is 0 Å². The van der Waals surface area contributed by atoms with Gasteiger partial charge in [-0.2, -0.15) is 0 Å². The van der Waals surface area contributed by atoms with E-state index in [0.29, 0.717) is 37.0 Å². The maximum absolute atomic E-state index is 12.2. The van der Waals surface area contributed by atoms with E-state index in [-0.39, 0.29) is 6.61 Å². The minimum absolute atomic E-state index is 0.0335. The molecule has 0 fully saturated rings. The van der Waals surface area contributed by atoms with Crippen molar-refractivity contribution in [2.75, 3.05) is 11.9 Å². The summed E-state index contributed by atoms with van der Waals surface area (Å²) in [6, 6.07) is 5.19. The molecule has 1 aromatic rings. The number of ether oxygens (including phenoxy) is 1. The van der Waals surface area contributed by atoms with Crippen LogP contribution in [-0.2, 0) is 20.9 Å². The van der Waals surface area contributed by atoms with Crippen LogP contribution in [0.1, 0.15) is 18.4 Å². The number of hydrogen-bond donors (Lipinski definition) is 4. The van der Waals surface area contributed by atoms with Gasteiger partial charge in [-0.3, -0.25) is 14.4 Å². The summed E-state index contributed by atoms with van der Waals surface area (Å²) in [5.41, 5.74) is 6.16. The van der Waals surface area contributed by atoms with Crippen molar-refractivity contribution in [2.45, 2.75) is 25.5 Å². The van der Waals surface area contributed by atoms with Crippen molar-refractivity contribution in [3.63, 3.8) is 0 Å². The van der Waals surface area contributed by atoms with Crippen molar-refractivity contribution in [3.8, 4) is 0 Å². The van der Waals surface area contributed by atoms with Gasteiger partial charge >= 0.3 is 6.03 Å². The first-order valence-electron chi connectivity index (χ1n) is 7.47. The number of benzene rings is 1. The number of carbonyl (C=O) groups excluding carboxylic acids is 4. The molecule has 5 N–H and O–H groups in total. The molecule has 10 heteroatoms. The summed E-state index contributed by atoms with van der Waals surface area (Å²) in [6.45, 7) is 0.333. The van der Waals surface area contributed by atoms with E-state index in [9.17, 15) is 19.2 Å². The zero-order valence-electron chi connectivity index (χ0n) is 13.5. The van der Waals surface area contributed by atoms with Crippen LogP contribution >= 0.6 is 0 Å². The van der Waals surface area contributed by atoms with Gasteiger partial charge in [0.15, 0.2) is 0 Å². The summed E-state index contributed by atoms with van der Waals surface area (Å²) in [7, 11) is 4.88. The molecule has 1 rings (SSSR count). The molecule has 132 valence electrons. The van der Waals surface area contributed by atoms with E-state index in [0.717, 1.165) is 0 Å². The summed E-state index contributed by atoms with van der Waals surface area (Å²) in [5, 5.41) is 7.49. The lowest BCUT2D eigenvalue weighted by Gasteiger charge is -2.16. The molecular formula is C15H19BN4O5. The molecule has 0 saturated carbocycles. The molecule has 0 heterocycles. The van der Waals surface area contributed by atoms with E-state index in [4.69, 9.17) is 13.6 Å². The van der Waals surface area contributed by atoms with Gasteiger partial charge in [-0.15, -0.1) is 0 Å². The molecule has 1 atom stereocenters. The third-order valence-corrected chi connectivity index (χ3v) is 3.16. The van der Waals surface area contributed by atoms with Crippen molar-refractivity contribution in [1.82, 2.24) is 10.6 Å². The molecule has 0 spiro atoms. The second-order valence-corrected chi connectivity index (χ2v) is 5.06. The largest absolute Gasteiger partial charge is 0.470 e. The van der Waals surface area contributed by atoms with Gasteiger partial charge in [-0.05, 0) is 30.5 Å². The molecule has 0 aliphatic heterocycles. The lowest BCUT2D eigenvalue weighted by atomic mass is 10.1. The molecule has 0 aliphatic rings. The van der Waals surface area contributed by atoms with Crippen molar-refractivity contribution < 1.29 is 23.9 Å². The van der Waals surface area contributed by atoms with Gasteiger partial charge < -0.3 is 26.4 Å². The fraction of sp³-hybridized carbons (Fsp3) is 0.333. The maximum atomic E-state index is 12.2. The Hall–Kier alpha value is -3.04. The summed E-state index contributed by atoms with van der Waals surface area (Å²) >= 11 is 0. The second-order valence-electron chi connectivity index (χ2n) is 5.06.